The van der Waals surface area contributed by atoms with Crippen molar-refractivity contribution in [3.63, 3.8) is 0 Å². The van der Waals surface area contributed by atoms with Gasteiger partial charge in [0.1, 0.15) is 5.82 Å². The molecule has 1 saturated heterocycles. The average molecular weight is 351 g/mol. The Bertz CT molecular complexity index is 486. The van der Waals surface area contributed by atoms with E-state index in [1.807, 2.05) is 6.92 Å². The molecule has 1 aromatic rings. The Morgan fingerprint density at radius 2 is 2.32 bits per heavy atom. The molecule has 104 valence electrons. The van der Waals surface area contributed by atoms with Crippen molar-refractivity contribution >= 4 is 33.4 Å². The van der Waals surface area contributed by atoms with Crippen LogP contribution in [-0.2, 0) is 4.74 Å². The predicted octanol–water partition coefficient (Wildman–Crippen LogP) is 3.10. The van der Waals surface area contributed by atoms with E-state index in [0.717, 1.165) is 0 Å². The first-order valence-electron chi connectivity index (χ1n) is 5.97. The summed E-state index contributed by atoms with van der Waals surface area (Å²) < 4.78 is 19.3. The molecule has 2 rings (SSSR count). The Morgan fingerprint density at radius 1 is 1.58 bits per heavy atom. The van der Waals surface area contributed by atoms with Crippen LogP contribution in [0.25, 0.3) is 0 Å². The van der Waals surface area contributed by atoms with Gasteiger partial charge in [-0.1, -0.05) is 27.5 Å². The van der Waals surface area contributed by atoms with Gasteiger partial charge in [-0.05, 0) is 25.1 Å². The molecule has 0 saturated carbocycles. The lowest BCUT2D eigenvalue weighted by Crippen LogP contribution is -2.49. The minimum absolute atomic E-state index is 0.00919. The number of hydrogen-bond acceptors (Lipinski definition) is 2. The van der Waals surface area contributed by atoms with Crippen molar-refractivity contribution in [3.05, 3.63) is 34.6 Å². The lowest BCUT2D eigenvalue weighted by Gasteiger charge is -2.36. The monoisotopic (exact) mass is 349 g/mol. The molecule has 1 fully saturated rings. The molecule has 1 amide bonds. The number of ether oxygens (including phenoxy) is 1. The third-order valence-corrected chi connectivity index (χ3v) is 3.90. The van der Waals surface area contributed by atoms with Gasteiger partial charge in [-0.2, -0.15) is 0 Å². The number of benzene rings is 1. The largest absolute Gasteiger partial charge is 0.371 e. The first-order chi connectivity index (χ1) is 9.01. The summed E-state index contributed by atoms with van der Waals surface area (Å²) in [6.45, 7) is 2.79. The molecule has 3 nitrogen and oxygen atoms in total. The van der Waals surface area contributed by atoms with Gasteiger partial charge in [0.2, 0.25) is 0 Å². The minimum atomic E-state index is -0.552. The Balaban J connectivity index is 2.21. The number of morpholine rings is 1. The highest BCUT2D eigenvalue weighted by Gasteiger charge is 2.29. The summed E-state index contributed by atoms with van der Waals surface area (Å²) >= 11 is 9.15. The molecule has 1 heterocycles. The van der Waals surface area contributed by atoms with Gasteiger partial charge in [0.25, 0.3) is 5.91 Å². The molecule has 6 heteroatoms. The third-order valence-electron chi connectivity index (χ3n) is 2.94. The van der Waals surface area contributed by atoms with Crippen LogP contribution >= 0.6 is 27.5 Å². The summed E-state index contributed by atoms with van der Waals surface area (Å²) in [6, 6.07) is 4.00. The van der Waals surface area contributed by atoms with Crippen LogP contribution in [0, 0.1) is 5.82 Å². The molecule has 1 aliphatic heterocycles. The SMILES string of the molecule is CC1CN(C(=O)c2cc(Cl)ccc2F)CC(CBr)O1. The molecule has 2 unspecified atom stereocenters. The average Bonchev–Trinajstić information content (AvgIpc) is 2.40. The van der Waals surface area contributed by atoms with E-state index in [1.165, 1.54) is 18.2 Å². The van der Waals surface area contributed by atoms with Gasteiger partial charge >= 0.3 is 0 Å². The molecule has 0 aromatic heterocycles. The van der Waals surface area contributed by atoms with Gasteiger partial charge < -0.3 is 9.64 Å². The quantitative estimate of drug-likeness (QED) is 0.767. The molecule has 0 aliphatic carbocycles. The Morgan fingerprint density at radius 3 is 3.00 bits per heavy atom. The molecule has 0 N–H and O–H groups in total. The van der Waals surface area contributed by atoms with Crippen molar-refractivity contribution in [2.24, 2.45) is 0 Å². The maximum atomic E-state index is 13.7. The zero-order chi connectivity index (χ0) is 14.0. The molecule has 0 bridgehead atoms. The smallest absolute Gasteiger partial charge is 0.257 e. The van der Waals surface area contributed by atoms with Crippen LogP contribution in [-0.4, -0.2) is 41.4 Å². The van der Waals surface area contributed by atoms with Gasteiger partial charge in [-0.3, -0.25) is 4.79 Å². The lowest BCUT2D eigenvalue weighted by molar-refractivity contribution is -0.0560. The Labute approximate surface area is 124 Å². The summed E-state index contributed by atoms with van der Waals surface area (Å²) in [5.41, 5.74) is 0.00919. The van der Waals surface area contributed by atoms with Crippen LogP contribution in [0.5, 0.6) is 0 Å². The number of alkyl halides is 1. The van der Waals surface area contributed by atoms with Crippen molar-refractivity contribution in [2.45, 2.75) is 19.1 Å². The summed E-state index contributed by atoms with van der Waals surface area (Å²) in [6.07, 6.45) is -0.141. The molecular formula is C13H14BrClFNO2. The number of carbonyl (C=O) groups is 1. The van der Waals surface area contributed by atoms with E-state index in [9.17, 15) is 9.18 Å². The second-order valence-corrected chi connectivity index (χ2v) is 5.64. The maximum absolute atomic E-state index is 13.7. The number of rotatable bonds is 2. The normalized spacial score (nSPS) is 23.5. The van der Waals surface area contributed by atoms with E-state index in [-0.39, 0.29) is 23.7 Å². The molecule has 0 radical (unpaired) electrons. The fraction of sp³-hybridized carbons (Fsp3) is 0.462. The van der Waals surface area contributed by atoms with Gasteiger partial charge in [0.15, 0.2) is 0 Å². The van der Waals surface area contributed by atoms with Crippen LogP contribution in [0.3, 0.4) is 0 Å². The molecule has 1 aliphatic rings. The van der Waals surface area contributed by atoms with E-state index < -0.39 is 5.82 Å². The van der Waals surface area contributed by atoms with Crippen molar-refractivity contribution in [3.8, 4) is 0 Å². The second-order valence-electron chi connectivity index (χ2n) is 4.56. The summed E-state index contributed by atoms with van der Waals surface area (Å²) in [4.78, 5) is 13.9. The maximum Gasteiger partial charge on any atom is 0.257 e. The first-order valence-corrected chi connectivity index (χ1v) is 7.47. The fourth-order valence-electron chi connectivity index (χ4n) is 2.13. The van der Waals surface area contributed by atoms with Crippen LogP contribution in [0.15, 0.2) is 18.2 Å². The van der Waals surface area contributed by atoms with Gasteiger partial charge in [-0.15, -0.1) is 0 Å². The fourth-order valence-corrected chi connectivity index (χ4v) is 2.66. The standard InChI is InChI=1S/C13H14BrClFNO2/c1-8-6-17(7-10(5-14)19-8)13(18)11-4-9(15)2-3-12(11)16/h2-4,8,10H,5-7H2,1H3. The zero-order valence-corrected chi connectivity index (χ0v) is 12.7. The highest BCUT2D eigenvalue weighted by molar-refractivity contribution is 9.09. The number of amides is 1. The summed E-state index contributed by atoms with van der Waals surface area (Å²) in [7, 11) is 0. The topological polar surface area (TPSA) is 29.5 Å². The van der Waals surface area contributed by atoms with Crippen LogP contribution in [0.1, 0.15) is 17.3 Å². The first kappa shape index (κ1) is 14.8. The molecule has 1 aromatic carbocycles. The predicted molar refractivity (Wildman–Crippen MR) is 75.4 cm³/mol. The highest BCUT2D eigenvalue weighted by Crippen LogP contribution is 2.20. The highest BCUT2D eigenvalue weighted by atomic mass is 79.9. The van der Waals surface area contributed by atoms with E-state index in [4.69, 9.17) is 16.3 Å². The Kier molecular flexibility index (Phi) is 4.81. The number of carbonyl (C=O) groups excluding carboxylic acids is 1. The number of hydrogen-bond donors (Lipinski definition) is 0. The minimum Gasteiger partial charge on any atom is -0.371 e. The third kappa shape index (κ3) is 3.46. The van der Waals surface area contributed by atoms with Crippen LogP contribution in [0.4, 0.5) is 4.39 Å². The van der Waals surface area contributed by atoms with Crippen LogP contribution < -0.4 is 0 Å². The second kappa shape index (κ2) is 6.20. The van der Waals surface area contributed by atoms with E-state index in [0.29, 0.717) is 23.4 Å². The van der Waals surface area contributed by atoms with Crippen LogP contribution in [0.2, 0.25) is 5.02 Å². The molecule has 19 heavy (non-hydrogen) atoms. The van der Waals surface area contributed by atoms with E-state index >= 15 is 0 Å². The van der Waals surface area contributed by atoms with Crippen molar-refractivity contribution in [2.75, 3.05) is 18.4 Å². The number of halogens is 3. The lowest BCUT2D eigenvalue weighted by atomic mass is 10.1. The summed E-state index contributed by atoms with van der Waals surface area (Å²) in [5, 5.41) is 0.988. The molecule has 2 atom stereocenters. The summed E-state index contributed by atoms with van der Waals surface area (Å²) in [5.74, 6) is -0.898. The van der Waals surface area contributed by atoms with Gasteiger partial charge in [0, 0.05) is 23.4 Å². The van der Waals surface area contributed by atoms with Crippen molar-refractivity contribution < 1.29 is 13.9 Å². The molecular weight excluding hydrogens is 337 g/mol. The number of nitrogens with zero attached hydrogens (tertiary/aromatic N) is 1. The van der Waals surface area contributed by atoms with Gasteiger partial charge in [-0.25, -0.2) is 4.39 Å². The van der Waals surface area contributed by atoms with Crippen molar-refractivity contribution in [1.82, 2.24) is 4.90 Å². The van der Waals surface area contributed by atoms with Crippen molar-refractivity contribution in [1.29, 1.82) is 0 Å². The van der Waals surface area contributed by atoms with Gasteiger partial charge in [0.05, 0.1) is 17.8 Å². The van der Waals surface area contributed by atoms with E-state index in [2.05, 4.69) is 15.9 Å². The van der Waals surface area contributed by atoms with E-state index in [1.54, 1.807) is 4.90 Å². The molecule has 0 spiro atoms. The Hall–Kier alpha value is -0.650. The zero-order valence-electron chi connectivity index (χ0n) is 10.4.